The van der Waals surface area contributed by atoms with Gasteiger partial charge in [0.05, 0.1) is 10.8 Å². The number of benzene rings is 1. The molecule has 0 saturated carbocycles. The average Bonchev–Trinajstić information content (AvgIpc) is 2.06. The van der Waals surface area contributed by atoms with Gasteiger partial charge in [0.2, 0.25) is 0 Å². The first kappa shape index (κ1) is 8.05. The first-order valence-electron chi connectivity index (χ1n) is 3.09. The van der Waals surface area contributed by atoms with Crippen molar-refractivity contribution in [1.82, 2.24) is 0 Å². The Hall–Kier alpha value is -1.05. The summed E-state index contributed by atoms with van der Waals surface area (Å²) < 4.78 is 12.1. The van der Waals surface area contributed by atoms with Crippen molar-refractivity contribution in [2.45, 2.75) is 6.67 Å². The molecule has 0 fully saturated rings. The maximum Gasteiger partial charge on any atom is 0.115 e. The molecule has 0 spiro atoms. The lowest BCUT2D eigenvalue weighted by Crippen LogP contribution is -1.75. The largest absolute Gasteiger partial charge is 0.246 e. The van der Waals surface area contributed by atoms with Crippen molar-refractivity contribution in [1.29, 1.82) is 0 Å². The van der Waals surface area contributed by atoms with E-state index >= 15 is 0 Å². The van der Waals surface area contributed by atoms with Crippen molar-refractivity contribution in [3.05, 3.63) is 29.8 Å². The number of nitrogens with zero attached hydrogens (tertiary/aromatic N) is 1. The molecule has 1 rings (SSSR count). The van der Waals surface area contributed by atoms with Crippen LogP contribution in [-0.4, -0.2) is 5.16 Å². The van der Waals surface area contributed by atoms with Gasteiger partial charge in [-0.2, -0.15) is 4.99 Å². The van der Waals surface area contributed by atoms with Crippen LogP contribution in [0.5, 0.6) is 0 Å². The summed E-state index contributed by atoms with van der Waals surface area (Å²) in [6, 6.07) is 6.82. The summed E-state index contributed by atoms with van der Waals surface area (Å²) in [5.74, 6) is 0. The van der Waals surface area contributed by atoms with Crippen LogP contribution in [0.25, 0.3) is 0 Å². The van der Waals surface area contributed by atoms with Gasteiger partial charge < -0.3 is 0 Å². The van der Waals surface area contributed by atoms with E-state index < -0.39 is 6.67 Å². The van der Waals surface area contributed by atoms with Crippen LogP contribution in [0.15, 0.2) is 29.3 Å². The van der Waals surface area contributed by atoms with Crippen LogP contribution in [0.2, 0.25) is 0 Å². The Balaban J connectivity index is 3.00. The van der Waals surface area contributed by atoms with Crippen LogP contribution < -0.4 is 0 Å². The van der Waals surface area contributed by atoms with Crippen molar-refractivity contribution < 1.29 is 4.39 Å². The second-order valence-corrected chi connectivity index (χ2v) is 2.19. The molecule has 0 aliphatic carbocycles. The van der Waals surface area contributed by atoms with Crippen molar-refractivity contribution in [2.24, 2.45) is 4.99 Å². The molecular formula is C8H6FNS. The van der Waals surface area contributed by atoms with Crippen LogP contribution in [0.3, 0.4) is 0 Å². The van der Waals surface area contributed by atoms with Gasteiger partial charge in [-0.1, -0.05) is 12.1 Å². The third-order valence-corrected chi connectivity index (χ3v) is 1.33. The van der Waals surface area contributed by atoms with Gasteiger partial charge >= 0.3 is 0 Å². The maximum absolute atomic E-state index is 12.1. The lowest BCUT2D eigenvalue weighted by Gasteiger charge is -1.93. The van der Waals surface area contributed by atoms with Crippen LogP contribution in [0.1, 0.15) is 5.56 Å². The molecule has 0 unspecified atom stereocenters. The van der Waals surface area contributed by atoms with Crippen molar-refractivity contribution in [2.75, 3.05) is 0 Å². The van der Waals surface area contributed by atoms with E-state index in [9.17, 15) is 4.39 Å². The fourth-order valence-corrected chi connectivity index (χ4v) is 0.867. The van der Waals surface area contributed by atoms with E-state index in [0.717, 1.165) is 0 Å². The number of alkyl halides is 1. The van der Waals surface area contributed by atoms with Gasteiger partial charge in [0.15, 0.2) is 0 Å². The Morgan fingerprint density at radius 2 is 2.36 bits per heavy atom. The smallest absolute Gasteiger partial charge is 0.115 e. The molecule has 0 atom stereocenters. The molecule has 56 valence electrons. The van der Waals surface area contributed by atoms with E-state index in [0.29, 0.717) is 11.3 Å². The van der Waals surface area contributed by atoms with E-state index in [2.05, 4.69) is 22.4 Å². The summed E-state index contributed by atoms with van der Waals surface area (Å²) in [5, 5.41) is 2.22. The standard InChI is InChI=1S/C8H6FNS/c9-5-7-2-1-3-8(4-7)10-6-11/h1-4H,5H2. The quantitative estimate of drug-likeness (QED) is 0.487. The molecule has 0 aromatic heterocycles. The minimum Gasteiger partial charge on any atom is -0.246 e. The zero-order chi connectivity index (χ0) is 8.10. The number of hydrogen-bond donors (Lipinski definition) is 0. The predicted molar refractivity (Wildman–Crippen MR) is 45.9 cm³/mol. The molecule has 1 nitrogen and oxygen atoms in total. The summed E-state index contributed by atoms with van der Waals surface area (Å²) in [5.41, 5.74) is 1.26. The third-order valence-electron chi connectivity index (χ3n) is 1.24. The second kappa shape index (κ2) is 3.96. The number of halogens is 1. The summed E-state index contributed by atoms with van der Waals surface area (Å²) in [7, 11) is 0. The lowest BCUT2D eigenvalue weighted by molar-refractivity contribution is 0.485. The highest BCUT2D eigenvalue weighted by Gasteiger charge is 1.91. The predicted octanol–water partition coefficient (Wildman–Crippen LogP) is 2.89. The number of thiocarbonyl (C=S) groups is 1. The van der Waals surface area contributed by atoms with Gasteiger partial charge in [-0.15, -0.1) is 0 Å². The van der Waals surface area contributed by atoms with Crippen LogP contribution in [0, 0.1) is 0 Å². The van der Waals surface area contributed by atoms with Gasteiger partial charge in [-0.25, -0.2) is 4.39 Å². The van der Waals surface area contributed by atoms with Crippen molar-refractivity contribution in [3.63, 3.8) is 0 Å². The van der Waals surface area contributed by atoms with Crippen molar-refractivity contribution >= 4 is 23.1 Å². The van der Waals surface area contributed by atoms with Crippen LogP contribution in [-0.2, 0) is 6.67 Å². The Morgan fingerprint density at radius 3 is 3.00 bits per heavy atom. The summed E-state index contributed by atoms with van der Waals surface area (Å²) in [6.07, 6.45) is 0. The van der Waals surface area contributed by atoms with Crippen LogP contribution in [0.4, 0.5) is 10.1 Å². The van der Waals surface area contributed by atoms with Crippen molar-refractivity contribution in [3.8, 4) is 0 Å². The monoisotopic (exact) mass is 167 g/mol. The number of aliphatic imine (C=N–C) groups is 1. The molecule has 0 aliphatic rings. The zero-order valence-corrected chi connectivity index (χ0v) is 6.57. The maximum atomic E-state index is 12.1. The van der Waals surface area contributed by atoms with E-state index in [-0.39, 0.29) is 0 Å². The molecule has 0 N–H and O–H groups in total. The highest BCUT2D eigenvalue weighted by atomic mass is 32.1. The molecular weight excluding hydrogens is 161 g/mol. The SMILES string of the molecule is FCc1cccc(N=C=S)c1. The van der Waals surface area contributed by atoms with Gasteiger partial charge in [-0.3, -0.25) is 0 Å². The van der Waals surface area contributed by atoms with E-state index in [4.69, 9.17) is 0 Å². The minimum absolute atomic E-state index is 0.471. The molecule has 0 bridgehead atoms. The van der Waals surface area contributed by atoms with Gasteiger partial charge in [0, 0.05) is 0 Å². The molecule has 0 saturated heterocycles. The summed E-state index contributed by atoms with van der Waals surface area (Å²) >= 11 is 4.40. The highest BCUT2D eigenvalue weighted by molar-refractivity contribution is 7.78. The Kier molecular flexibility index (Phi) is 2.90. The van der Waals surface area contributed by atoms with Gasteiger partial charge in [0.1, 0.15) is 6.67 Å². The molecule has 0 heterocycles. The molecule has 3 heteroatoms. The fourth-order valence-electron chi connectivity index (χ4n) is 0.762. The lowest BCUT2D eigenvalue weighted by atomic mass is 10.2. The van der Waals surface area contributed by atoms with E-state index in [1.165, 1.54) is 0 Å². The van der Waals surface area contributed by atoms with Crippen LogP contribution >= 0.6 is 12.2 Å². The zero-order valence-electron chi connectivity index (χ0n) is 5.75. The number of hydrogen-bond acceptors (Lipinski definition) is 2. The fraction of sp³-hybridized carbons (Fsp3) is 0.125. The topological polar surface area (TPSA) is 12.4 Å². The first-order valence-corrected chi connectivity index (χ1v) is 3.50. The number of isothiocyanates is 1. The third kappa shape index (κ3) is 2.22. The Labute approximate surface area is 69.6 Å². The summed E-state index contributed by atoms with van der Waals surface area (Å²) in [4.78, 5) is 3.71. The Morgan fingerprint density at radius 1 is 1.55 bits per heavy atom. The Bertz CT molecular complexity index is 292. The molecule has 11 heavy (non-hydrogen) atoms. The molecule has 0 radical (unpaired) electrons. The van der Waals surface area contributed by atoms with E-state index in [1.807, 2.05) is 0 Å². The molecule has 0 aliphatic heterocycles. The highest BCUT2D eigenvalue weighted by Crippen LogP contribution is 2.13. The molecule has 0 amide bonds. The first-order chi connectivity index (χ1) is 5.36. The molecule has 1 aromatic carbocycles. The second-order valence-electron chi connectivity index (χ2n) is 2.01. The van der Waals surface area contributed by atoms with Gasteiger partial charge in [0.25, 0.3) is 0 Å². The molecule has 1 aromatic rings. The van der Waals surface area contributed by atoms with Gasteiger partial charge in [-0.05, 0) is 29.9 Å². The summed E-state index contributed by atoms with van der Waals surface area (Å²) in [6.45, 7) is -0.471. The normalized spacial score (nSPS) is 8.82. The average molecular weight is 167 g/mol. The number of rotatable bonds is 2. The minimum atomic E-state index is -0.471. The van der Waals surface area contributed by atoms with E-state index in [1.54, 1.807) is 24.3 Å².